The first-order valence-corrected chi connectivity index (χ1v) is 3.53. The Morgan fingerprint density at radius 1 is 1.45 bits per heavy atom. The molecule has 0 amide bonds. The van der Waals surface area contributed by atoms with Gasteiger partial charge in [0.25, 0.3) is 0 Å². The molecular formula is C8H12FNO. The van der Waals surface area contributed by atoms with E-state index in [4.69, 9.17) is 5.11 Å². The Morgan fingerprint density at radius 2 is 2.09 bits per heavy atom. The van der Waals surface area contributed by atoms with Crippen LogP contribution in [0.1, 0.15) is 19.4 Å². The number of aliphatic hydroxyl groups excluding tert-OH is 1. The first-order valence-electron chi connectivity index (χ1n) is 3.53. The number of hydrogen-bond acceptors (Lipinski definition) is 2. The van der Waals surface area contributed by atoms with E-state index in [-0.39, 0.29) is 6.61 Å². The molecule has 1 aromatic heterocycles. The SMILES string of the molecule is CC.OCc1cncc(F)c1. The predicted octanol–water partition coefficient (Wildman–Crippen LogP) is 1.74. The van der Waals surface area contributed by atoms with E-state index in [1.165, 1.54) is 12.3 Å². The van der Waals surface area contributed by atoms with Crippen molar-refractivity contribution in [1.82, 2.24) is 4.98 Å². The van der Waals surface area contributed by atoms with Crippen LogP contribution in [-0.4, -0.2) is 10.1 Å². The van der Waals surface area contributed by atoms with Gasteiger partial charge in [-0.25, -0.2) is 4.39 Å². The topological polar surface area (TPSA) is 33.1 Å². The Labute approximate surface area is 65.7 Å². The summed E-state index contributed by atoms with van der Waals surface area (Å²) in [5, 5.41) is 8.46. The van der Waals surface area contributed by atoms with Crippen LogP contribution in [0.25, 0.3) is 0 Å². The van der Waals surface area contributed by atoms with Crippen molar-refractivity contribution in [3.05, 3.63) is 29.8 Å². The zero-order valence-corrected chi connectivity index (χ0v) is 6.71. The zero-order valence-electron chi connectivity index (χ0n) is 6.71. The van der Waals surface area contributed by atoms with Crippen LogP contribution in [0.15, 0.2) is 18.5 Å². The van der Waals surface area contributed by atoms with E-state index in [2.05, 4.69) is 4.98 Å². The summed E-state index contributed by atoms with van der Waals surface area (Å²) in [5.74, 6) is -0.415. The second-order valence-electron chi connectivity index (χ2n) is 1.67. The normalized spacial score (nSPS) is 8.36. The molecule has 0 saturated carbocycles. The molecule has 0 aromatic carbocycles. The fourth-order valence-corrected chi connectivity index (χ4v) is 0.542. The minimum Gasteiger partial charge on any atom is -0.392 e. The average Bonchev–Trinajstić information content (AvgIpc) is 2.08. The van der Waals surface area contributed by atoms with Gasteiger partial charge in [0.15, 0.2) is 0 Å². The molecule has 2 nitrogen and oxygen atoms in total. The van der Waals surface area contributed by atoms with Crippen LogP contribution in [0.5, 0.6) is 0 Å². The van der Waals surface area contributed by atoms with Crippen molar-refractivity contribution in [3.63, 3.8) is 0 Å². The van der Waals surface area contributed by atoms with Crippen LogP contribution in [0.2, 0.25) is 0 Å². The van der Waals surface area contributed by atoms with E-state index in [0.717, 1.165) is 6.20 Å². The fourth-order valence-electron chi connectivity index (χ4n) is 0.542. The number of aromatic nitrogens is 1. The highest BCUT2D eigenvalue weighted by Gasteiger charge is 1.91. The van der Waals surface area contributed by atoms with Crippen LogP contribution >= 0.6 is 0 Å². The number of hydrogen-bond donors (Lipinski definition) is 1. The highest BCUT2D eigenvalue weighted by atomic mass is 19.1. The van der Waals surface area contributed by atoms with E-state index >= 15 is 0 Å². The molecule has 0 atom stereocenters. The summed E-state index contributed by atoms with van der Waals surface area (Å²) >= 11 is 0. The maximum Gasteiger partial charge on any atom is 0.141 e. The van der Waals surface area contributed by atoms with Crippen molar-refractivity contribution in [2.24, 2.45) is 0 Å². The number of pyridine rings is 1. The van der Waals surface area contributed by atoms with Crippen molar-refractivity contribution >= 4 is 0 Å². The predicted molar refractivity (Wildman–Crippen MR) is 41.5 cm³/mol. The van der Waals surface area contributed by atoms with Crippen LogP contribution in [0, 0.1) is 5.82 Å². The Morgan fingerprint density at radius 3 is 2.45 bits per heavy atom. The van der Waals surface area contributed by atoms with Gasteiger partial charge in [-0.3, -0.25) is 4.98 Å². The summed E-state index contributed by atoms with van der Waals surface area (Å²) in [6.07, 6.45) is 2.52. The Balaban J connectivity index is 0.000000461. The lowest BCUT2D eigenvalue weighted by Crippen LogP contribution is -1.85. The fraction of sp³-hybridized carbons (Fsp3) is 0.375. The third-order valence-electron chi connectivity index (χ3n) is 0.944. The molecule has 1 aromatic rings. The standard InChI is InChI=1S/C6H6FNO.C2H6/c7-6-1-5(4-9)2-8-3-6;1-2/h1-3,9H,4H2;1-2H3. The molecule has 0 unspecified atom stereocenters. The molecule has 1 N–H and O–H groups in total. The molecule has 3 heteroatoms. The molecule has 0 fully saturated rings. The lowest BCUT2D eigenvalue weighted by atomic mass is 10.3. The van der Waals surface area contributed by atoms with Crippen molar-refractivity contribution in [2.45, 2.75) is 20.5 Å². The minimum atomic E-state index is -0.415. The Kier molecular flexibility index (Phi) is 5.29. The Bertz CT molecular complexity index is 203. The van der Waals surface area contributed by atoms with Gasteiger partial charge in [0, 0.05) is 6.20 Å². The van der Waals surface area contributed by atoms with Crippen molar-refractivity contribution in [3.8, 4) is 0 Å². The maximum atomic E-state index is 12.2. The first-order chi connectivity index (χ1) is 5.33. The molecule has 0 bridgehead atoms. The molecule has 0 aliphatic rings. The molecule has 0 radical (unpaired) electrons. The molecule has 1 heterocycles. The zero-order chi connectivity index (χ0) is 8.69. The molecule has 62 valence electrons. The number of rotatable bonds is 1. The van der Waals surface area contributed by atoms with Gasteiger partial charge in [0.05, 0.1) is 12.8 Å². The number of halogens is 1. The van der Waals surface area contributed by atoms with Gasteiger partial charge in [-0.05, 0) is 11.6 Å². The van der Waals surface area contributed by atoms with Gasteiger partial charge in [0.2, 0.25) is 0 Å². The van der Waals surface area contributed by atoms with E-state index < -0.39 is 5.82 Å². The quantitative estimate of drug-likeness (QED) is 0.673. The van der Waals surface area contributed by atoms with Gasteiger partial charge in [-0.2, -0.15) is 0 Å². The molecule has 0 saturated heterocycles. The van der Waals surface area contributed by atoms with Crippen molar-refractivity contribution < 1.29 is 9.50 Å². The minimum absolute atomic E-state index is 0.162. The maximum absolute atomic E-state index is 12.2. The van der Waals surface area contributed by atoms with Crippen molar-refractivity contribution in [1.29, 1.82) is 0 Å². The second kappa shape index (κ2) is 5.80. The molecule has 0 aliphatic heterocycles. The summed E-state index contributed by atoms with van der Waals surface area (Å²) in [7, 11) is 0. The smallest absolute Gasteiger partial charge is 0.141 e. The second-order valence-corrected chi connectivity index (χ2v) is 1.67. The third-order valence-corrected chi connectivity index (χ3v) is 0.944. The van der Waals surface area contributed by atoms with E-state index in [1.54, 1.807) is 0 Å². The molecular weight excluding hydrogens is 145 g/mol. The summed E-state index contributed by atoms with van der Waals surface area (Å²) < 4.78 is 12.2. The van der Waals surface area contributed by atoms with Crippen LogP contribution < -0.4 is 0 Å². The van der Waals surface area contributed by atoms with E-state index in [9.17, 15) is 4.39 Å². The van der Waals surface area contributed by atoms with Gasteiger partial charge < -0.3 is 5.11 Å². The van der Waals surface area contributed by atoms with Crippen molar-refractivity contribution in [2.75, 3.05) is 0 Å². The molecule has 0 aliphatic carbocycles. The largest absolute Gasteiger partial charge is 0.392 e. The number of nitrogens with zero attached hydrogens (tertiary/aromatic N) is 1. The third kappa shape index (κ3) is 3.68. The summed E-state index contributed by atoms with van der Waals surface area (Å²) in [4.78, 5) is 3.52. The van der Waals surface area contributed by atoms with Gasteiger partial charge in [-0.15, -0.1) is 0 Å². The molecule has 0 spiro atoms. The van der Waals surface area contributed by atoms with E-state index in [0.29, 0.717) is 5.56 Å². The average molecular weight is 157 g/mol. The molecule has 1 rings (SSSR count). The van der Waals surface area contributed by atoms with Crippen LogP contribution in [0.4, 0.5) is 4.39 Å². The lowest BCUT2D eigenvalue weighted by Gasteiger charge is -1.91. The lowest BCUT2D eigenvalue weighted by molar-refractivity contribution is 0.280. The van der Waals surface area contributed by atoms with Gasteiger partial charge in [-0.1, -0.05) is 13.8 Å². The Hall–Kier alpha value is -0.960. The summed E-state index contributed by atoms with van der Waals surface area (Å²) in [5.41, 5.74) is 0.495. The van der Waals surface area contributed by atoms with Gasteiger partial charge >= 0.3 is 0 Å². The first kappa shape index (κ1) is 10.0. The van der Waals surface area contributed by atoms with Crippen LogP contribution in [0.3, 0.4) is 0 Å². The monoisotopic (exact) mass is 157 g/mol. The van der Waals surface area contributed by atoms with Crippen LogP contribution in [-0.2, 0) is 6.61 Å². The number of aliphatic hydroxyl groups is 1. The summed E-state index contributed by atoms with van der Waals surface area (Å²) in [6.45, 7) is 3.84. The molecule has 11 heavy (non-hydrogen) atoms. The highest BCUT2D eigenvalue weighted by Crippen LogP contribution is 1.98. The summed E-state index contributed by atoms with van der Waals surface area (Å²) in [6, 6.07) is 1.24. The van der Waals surface area contributed by atoms with Gasteiger partial charge in [0.1, 0.15) is 5.82 Å². The van der Waals surface area contributed by atoms with E-state index in [1.807, 2.05) is 13.8 Å². The highest BCUT2D eigenvalue weighted by molar-refractivity contribution is 5.08.